The summed E-state index contributed by atoms with van der Waals surface area (Å²) in [6.45, 7) is 0. The molecule has 1 aliphatic carbocycles. The first-order chi connectivity index (χ1) is 8.99. The second-order valence-electron chi connectivity index (χ2n) is 4.25. The fourth-order valence-corrected chi connectivity index (χ4v) is 1.68. The molecule has 0 saturated heterocycles. The average Bonchev–Trinajstić information content (AvgIpc) is 2.82. The zero-order valence-electron chi connectivity index (χ0n) is 10.9. The van der Waals surface area contributed by atoms with Gasteiger partial charge in [-0.05, 0) is 55.7 Å². The van der Waals surface area contributed by atoms with Gasteiger partial charge in [-0.2, -0.15) is 0 Å². The zero-order valence-corrected chi connectivity index (χ0v) is 14.7. The van der Waals surface area contributed by atoms with Crippen LogP contribution < -0.4 is 4.90 Å². The molecule has 5 heteroatoms. The molecule has 0 aromatic heterocycles. The molecule has 0 amide bonds. The molecule has 1 nitrogen and oxygen atoms in total. The quantitative estimate of drug-likeness (QED) is 0.709. The molecule has 1 saturated carbocycles. The Hall–Kier alpha value is 0.604. The third kappa shape index (κ3) is 7.82. The second-order valence-corrected chi connectivity index (χ2v) is 12.0. The summed E-state index contributed by atoms with van der Waals surface area (Å²) >= 11 is -1.92. The van der Waals surface area contributed by atoms with Gasteiger partial charge in [-0.15, -0.1) is 0 Å². The van der Waals surface area contributed by atoms with Crippen LogP contribution in [-0.2, 0) is 21.1 Å². The van der Waals surface area contributed by atoms with Crippen molar-refractivity contribution in [2.45, 2.75) is 6.42 Å². The Kier molecular flexibility index (Phi) is 8.85. The molecule has 0 aliphatic heterocycles. The molecule has 19 heavy (non-hydrogen) atoms. The number of halogens is 3. The van der Waals surface area contributed by atoms with Crippen LogP contribution in [0.3, 0.4) is 0 Å². The van der Waals surface area contributed by atoms with Crippen molar-refractivity contribution in [2.75, 3.05) is 19.0 Å². The molecule has 1 aromatic rings. The van der Waals surface area contributed by atoms with Gasteiger partial charge in [0.2, 0.25) is 0 Å². The molecule has 0 spiro atoms. The van der Waals surface area contributed by atoms with Crippen LogP contribution in [0.15, 0.2) is 24.3 Å². The molecule has 2 rings (SSSR count). The fourth-order valence-electron chi connectivity index (χ4n) is 1.68. The van der Waals surface area contributed by atoms with Crippen molar-refractivity contribution >= 4 is 33.6 Å². The minimum atomic E-state index is -1.92. The van der Waals surface area contributed by atoms with E-state index in [4.69, 9.17) is 27.9 Å². The molecule has 0 atom stereocenters. The number of benzene rings is 1. The first-order valence-corrected chi connectivity index (χ1v) is 12.2. The Morgan fingerprint density at radius 1 is 0.947 bits per heavy atom. The maximum absolute atomic E-state index is 4.97. The van der Waals surface area contributed by atoms with Crippen LogP contribution >= 0.6 is 27.9 Å². The first-order valence-electron chi connectivity index (χ1n) is 5.79. The van der Waals surface area contributed by atoms with Crippen LogP contribution in [-0.4, -0.2) is 14.1 Å². The van der Waals surface area contributed by atoms with E-state index < -0.39 is 14.7 Å². The van der Waals surface area contributed by atoms with E-state index in [1.807, 2.05) is 0 Å². The number of rotatable bonds is 3. The van der Waals surface area contributed by atoms with E-state index in [0.717, 1.165) is 6.42 Å². The molecule has 1 fully saturated rings. The van der Waals surface area contributed by atoms with Crippen molar-refractivity contribution in [1.29, 1.82) is 0 Å². The van der Waals surface area contributed by atoms with Crippen LogP contribution in [0.5, 0.6) is 0 Å². The van der Waals surface area contributed by atoms with Crippen molar-refractivity contribution in [3.63, 3.8) is 0 Å². The van der Waals surface area contributed by atoms with E-state index in [0.29, 0.717) is 0 Å². The second kappa shape index (κ2) is 9.52. The van der Waals surface area contributed by atoms with E-state index in [2.05, 4.69) is 68.9 Å². The van der Waals surface area contributed by atoms with Crippen molar-refractivity contribution < 1.29 is 14.7 Å². The van der Waals surface area contributed by atoms with Crippen molar-refractivity contribution in [2.24, 2.45) is 0 Å². The van der Waals surface area contributed by atoms with Gasteiger partial charge in [0.05, 0.1) is 0 Å². The zero-order chi connectivity index (χ0) is 14.3. The Labute approximate surface area is 134 Å². The summed E-state index contributed by atoms with van der Waals surface area (Å²) in [7, 11) is 19.0. The van der Waals surface area contributed by atoms with Gasteiger partial charge in [-0.3, -0.25) is 0 Å². The third-order valence-electron chi connectivity index (χ3n) is 2.59. The number of nitrogens with zero attached hydrogens (tertiary/aromatic N) is 1. The van der Waals surface area contributed by atoms with E-state index in [-0.39, 0.29) is 0 Å². The molecular formula is C14H16Cl3NTi+. The molecule has 5 radical (unpaired) electrons. The maximum atomic E-state index is 4.97. The Morgan fingerprint density at radius 2 is 1.42 bits per heavy atom. The molecular weight excluding hydrogens is 336 g/mol. The van der Waals surface area contributed by atoms with Gasteiger partial charge >= 0.3 is 42.6 Å². The standard InChI is InChI=1S/C14H16N.3ClH.Ti/c1-15(2)14-9-7-13(8-10-14)11-12-5-3-4-6-12;;;;/h3-10H,11H2,1-2H3;3*1H;/q;;;;+4/p-3. The summed E-state index contributed by atoms with van der Waals surface area (Å²) in [5.74, 6) is 1.38. The summed E-state index contributed by atoms with van der Waals surface area (Å²) in [6.07, 6.45) is 9.54. The molecule has 1 aliphatic rings. The van der Waals surface area contributed by atoms with E-state index in [1.54, 1.807) is 0 Å². The van der Waals surface area contributed by atoms with E-state index in [1.165, 1.54) is 17.2 Å². The van der Waals surface area contributed by atoms with Gasteiger partial charge in [0.15, 0.2) is 0 Å². The summed E-state index contributed by atoms with van der Waals surface area (Å²) in [5.41, 5.74) is 2.62. The topological polar surface area (TPSA) is 3.24 Å². The third-order valence-corrected chi connectivity index (χ3v) is 2.59. The molecule has 0 unspecified atom stereocenters. The van der Waals surface area contributed by atoms with Crippen LogP contribution in [0.25, 0.3) is 0 Å². The van der Waals surface area contributed by atoms with Gasteiger partial charge < -0.3 is 4.90 Å². The predicted molar refractivity (Wildman–Crippen MR) is 82.5 cm³/mol. The van der Waals surface area contributed by atoms with E-state index >= 15 is 0 Å². The van der Waals surface area contributed by atoms with Crippen molar-refractivity contribution in [3.8, 4) is 0 Å². The van der Waals surface area contributed by atoms with Crippen molar-refractivity contribution in [3.05, 3.63) is 61.4 Å². The van der Waals surface area contributed by atoms with Gasteiger partial charge in [0.25, 0.3) is 0 Å². The summed E-state index contributed by atoms with van der Waals surface area (Å²) in [5, 5.41) is 0. The van der Waals surface area contributed by atoms with Crippen molar-refractivity contribution in [1.82, 2.24) is 0 Å². The first kappa shape index (κ1) is 17.7. The summed E-state index contributed by atoms with van der Waals surface area (Å²) in [4.78, 5) is 2.12. The van der Waals surface area contributed by atoms with Gasteiger partial charge in [0.1, 0.15) is 0 Å². The summed E-state index contributed by atoms with van der Waals surface area (Å²) < 4.78 is 0. The molecule has 1 aromatic carbocycles. The minimum absolute atomic E-state index is 1.03. The molecule has 0 heterocycles. The Balaban J connectivity index is 0.000000399. The monoisotopic (exact) mass is 351 g/mol. The summed E-state index contributed by atoms with van der Waals surface area (Å²) in [6, 6.07) is 8.72. The Morgan fingerprint density at radius 3 is 1.84 bits per heavy atom. The molecule has 101 valence electrons. The normalized spacial score (nSPS) is 14.8. The number of hydrogen-bond donors (Lipinski definition) is 0. The van der Waals surface area contributed by atoms with Crippen LogP contribution in [0, 0.1) is 31.6 Å². The number of hydrogen-bond acceptors (Lipinski definition) is 1. The Bertz CT molecular complexity index is 345. The van der Waals surface area contributed by atoms with Crippen LogP contribution in [0.2, 0.25) is 0 Å². The fraction of sp³-hybridized carbons (Fsp3) is 0.214. The van der Waals surface area contributed by atoms with Gasteiger partial charge in [-0.25, -0.2) is 0 Å². The van der Waals surface area contributed by atoms with Gasteiger partial charge in [-0.1, -0.05) is 12.1 Å². The van der Waals surface area contributed by atoms with Gasteiger partial charge in [0, 0.05) is 19.8 Å². The SMILES string of the molecule is CN(C)c1ccc(C[C]2[CH][CH][CH][CH]2)cc1.[Cl][Ti+]([Cl])[Cl]. The number of anilines is 1. The van der Waals surface area contributed by atoms with Crippen LogP contribution in [0.4, 0.5) is 5.69 Å². The van der Waals surface area contributed by atoms with E-state index in [9.17, 15) is 0 Å². The predicted octanol–water partition coefficient (Wildman–Crippen LogP) is 4.77. The molecule has 0 bridgehead atoms. The van der Waals surface area contributed by atoms with Crippen LogP contribution in [0.1, 0.15) is 5.56 Å². The average molecular weight is 353 g/mol. The molecule has 0 N–H and O–H groups in total.